The maximum absolute atomic E-state index is 12.3. The molecule has 0 fully saturated rings. The lowest BCUT2D eigenvalue weighted by molar-refractivity contribution is -0.116. The molecule has 1 amide bonds. The second-order valence-corrected chi connectivity index (χ2v) is 6.39. The number of hydrogen-bond donors (Lipinski definition) is 1. The first-order valence-corrected chi connectivity index (χ1v) is 8.84. The first-order chi connectivity index (χ1) is 13.6. The molecule has 1 N–H and O–H groups in total. The molecule has 0 saturated heterocycles. The van der Waals surface area contributed by atoms with Crippen molar-refractivity contribution in [2.45, 2.75) is 26.3 Å². The van der Waals surface area contributed by atoms with Crippen LogP contribution in [0.2, 0.25) is 0 Å². The van der Waals surface area contributed by atoms with Gasteiger partial charge >= 0.3 is 5.76 Å². The lowest BCUT2D eigenvalue weighted by Gasteiger charge is -2.09. The van der Waals surface area contributed by atoms with Crippen LogP contribution in [-0.4, -0.2) is 30.7 Å². The molecule has 0 aliphatic heterocycles. The van der Waals surface area contributed by atoms with Crippen molar-refractivity contribution < 1.29 is 9.21 Å². The van der Waals surface area contributed by atoms with Gasteiger partial charge in [0.1, 0.15) is 6.33 Å². The van der Waals surface area contributed by atoms with Gasteiger partial charge in [-0.25, -0.2) is 9.48 Å². The third-order valence-corrected chi connectivity index (χ3v) is 4.44. The molecule has 2 aromatic heterocycles. The number of tetrazole rings is 1. The van der Waals surface area contributed by atoms with Crippen molar-refractivity contribution in [2.75, 3.05) is 5.32 Å². The molecule has 142 valence electrons. The van der Waals surface area contributed by atoms with Crippen molar-refractivity contribution in [1.82, 2.24) is 24.8 Å². The third-order valence-electron chi connectivity index (χ3n) is 4.44. The van der Waals surface area contributed by atoms with Gasteiger partial charge in [0.15, 0.2) is 5.58 Å². The molecule has 0 atom stereocenters. The number of carbonyl (C=O) groups is 1. The Labute approximate surface area is 159 Å². The SMILES string of the molecule is Cc1cc(NC(=O)CCCn2c(=O)oc3ccccc32)ccc1-n1cnnn1. The zero-order valence-electron chi connectivity index (χ0n) is 15.2. The number of para-hydroxylation sites is 2. The number of nitrogens with zero attached hydrogens (tertiary/aromatic N) is 5. The summed E-state index contributed by atoms with van der Waals surface area (Å²) < 4.78 is 8.31. The summed E-state index contributed by atoms with van der Waals surface area (Å²) in [6.07, 6.45) is 2.33. The van der Waals surface area contributed by atoms with Crippen molar-refractivity contribution in [3.63, 3.8) is 0 Å². The van der Waals surface area contributed by atoms with E-state index in [-0.39, 0.29) is 5.91 Å². The van der Waals surface area contributed by atoms with Gasteiger partial charge in [-0.1, -0.05) is 12.1 Å². The van der Waals surface area contributed by atoms with Gasteiger partial charge in [0.2, 0.25) is 5.91 Å². The van der Waals surface area contributed by atoms with Crippen LogP contribution in [0.3, 0.4) is 0 Å². The maximum atomic E-state index is 12.3. The molecule has 0 spiro atoms. The van der Waals surface area contributed by atoms with Crippen molar-refractivity contribution in [3.05, 3.63) is 64.9 Å². The molecule has 4 aromatic rings. The van der Waals surface area contributed by atoms with Gasteiger partial charge in [-0.05, 0) is 59.7 Å². The lowest BCUT2D eigenvalue weighted by Crippen LogP contribution is -2.17. The topological polar surface area (TPSA) is 108 Å². The van der Waals surface area contributed by atoms with E-state index in [0.717, 1.165) is 16.8 Å². The smallest absolute Gasteiger partial charge is 0.408 e. The Balaban J connectivity index is 1.36. The van der Waals surface area contributed by atoms with E-state index in [1.54, 1.807) is 21.4 Å². The van der Waals surface area contributed by atoms with E-state index < -0.39 is 5.76 Å². The molecule has 0 unspecified atom stereocenters. The Morgan fingerprint density at radius 3 is 2.86 bits per heavy atom. The molecule has 0 radical (unpaired) electrons. The van der Waals surface area contributed by atoms with E-state index in [2.05, 4.69) is 20.8 Å². The summed E-state index contributed by atoms with van der Waals surface area (Å²) in [5, 5.41) is 14.0. The highest BCUT2D eigenvalue weighted by Gasteiger charge is 2.10. The number of oxazole rings is 1. The van der Waals surface area contributed by atoms with Gasteiger partial charge < -0.3 is 9.73 Å². The summed E-state index contributed by atoms with van der Waals surface area (Å²) in [5.41, 5.74) is 3.76. The standard InChI is InChI=1S/C19H18N6O3/c1-13-11-14(8-9-15(13)25-12-20-22-23-25)21-18(26)7-4-10-24-16-5-2-3-6-17(16)28-19(24)27/h2-3,5-6,8-9,11-12H,4,7,10H2,1H3,(H,21,26). The summed E-state index contributed by atoms with van der Waals surface area (Å²) in [4.78, 5) is 24.2. The highest BCUT2D eigenvalue weighted by Crippen LogP contribution is 2.18. The van der Waals surface area contributed by atoms with Crippen LogP contribution in [0, 0.1) is 6.92 Å². The van der Waals surface area contributed by atoms with Crippen LogP contribution in [0.25, 0.3) is 16.8 Å². The average molecular weight is 378 g/mol. The number of aromatic nitrogens is 5. The molecule has 2 aromatic carbocycles. The molecule has 9 nitrogen and oxygen atoms in total. The van der Waals surface area contributed by atoms with E-state index in [0.29, 0.717) is 30.7 Å². The summed E-state index contributed by atoms with van der Waals surface area (Å²) in [6, 6.07) is 12.8. The molecular formula is C19H18N6O3. The van der Waals surface area contributed by atoms with Crippen molar-refractivity contribution in [1.29, 1.82) is 0 Å². The van der Waals surface area contributed by atoms with Crippen molar-refractivity contribution in [3.8, 4) is 5.69 Å². The third kappa shape index (κ3) is 3.54. The zero-order valence-corrected chi connectivity index (χ0v) is 15.2. The number of aryl methyl sites for hydroxylation is 2. The monoisotopic (exact) mass is 378 g/mol. The Kier molecular flexibility index (Phi) is 4.71. The molecule has 0 bridgehead atoms. The predicted octanol–water partition coefficient (Wildman–Crippen LogP) is 2.30. The molecule has 9 heteroatoms. The maximum Gasteiger partial charge on any atom is 0.419 e. The summed E-state index contributed by atoms with van der Waals surface area (Å²) in [6.45, 7) is 2.34. The minimum absolute atomic E-state index is 0.115. The number of amides is 1. The second-order valence-electron chi connectivity index (χ2n) is 6.39. The molecular weight excluding hydrogens is 360 g/mol. The predicted molar refractivity (Wildman–Crippen MR) is 102 cm³/mol. The van der Waals surface area contributed by atoms with Crippen LogP contribution in [-0.2, 0) is 11.3 Å². The largest absolute Gasteiger partial charge is 0.419 e. The van der Waals surface area contributed by atoms with Crippen molar-refractivity contribution in [2.24, 2.45) is 0 Å². The second kappa shape index (κ2) is 7.47. The van der Waals surface area contributed by atoms with E-state index in [4.69, 9.17) is 4.42 Å². The van der Waals surface area contributed by atoms with Crippen LogP contribution >= 0.6 is 0 Å². The van der Waals surface area contributed by atoms with Crippen molar-refractivity contribution >= 4 is 22.7 Å². The number of nitrogens with one attached hydrogen (secondary N) is 1. The van der Waals surface area contributed by atoms with Gasteiger partial charge in [0.05, 0.1) is 11.2 Å². The van der Waals surface area contributed by atoms with Gasteiger partial charge in [-0.3, -0.25) is 9.36 Å². The minimum atomic E-state index is -0.407. The van der Waals surface area contributed by atoms with Gasteiger partial charge in [0, 0.05) is 18.7 Å². The van der Waals surface area contributed by atoms with E-state index in [9.17, 15) is 9.59 Å². The summed E-state index contributed by atoms with van der Waals surface area (Å²) in [7, 11) is 0. The normalized spacial score (nSPS) is 11.0. The fourth-order valence-electron chi connectivity index (χ4n) is 3.11. The molecule has 2 heterocycles. The number of rotatable bonds is 6. The number of anilines is 1. The summed E-state index contributed by atoms with van der Waals surface area (Å²) >= 11 is 0. The Hall–Kier alpha value is -3.75. The molecule has 4 rings (SSSR count). The molecule has 28 heavy (non-hydrogen) atoms. The number of benzene rings is 2. The first-order valence-electron chi connectivity index (χ1n) is 8.84. The highest BCUT2D eigenvalue weighted by molar-refractivity contribution is 5.90. The van der Waals surface area contributed by atoms with Crippen LogP contribution in [0.15, 0.2) is 58.0 Å². The Morgan fingerprint density at radius 2 is 2.07 bits per heavy atom. The van der Waals surface area contributed by atoms with E-state index in [1.807, 2.05) is 37.3 Å². The number of fused-ring (bicyclic) bond motifs is 1. The fourth-order valence-corrected chi connectivity index (χ4v) is 3.11. The molecule has 0 aliphatic rings. The quantitative estimate of drug-likeness (QED) is 0.551. The zero-order chi connectivity index (χ0) is 19.5. The van der Waals surface area contributed by atoms with E-state index >= 15 is 0 Å². The van der Waals surface area contributed by atoms with Gasteiger partial charge in [0.25, 0.3) is 0 Å². The summed E-state index contributed by atoms with van der Waals surface area (Å²) in [5.74, 6) is -0.522. The molecule has 0 aliphatic carbocycles. The van der Waals surface area contributed by atoms with Crippen LogP contribution in [0.5, 0.6) is 0 Å². The first kappa shape index (κ1) is 17.7. The number of hydrogen-bond acceptors (Lipinski definition) is 6. The Morgan fingerprint density at radius 1 is 1.21 bits per heavy atom. The minimum Gasteiger partial charge on any atom is -0.408 e. The molecule has 0 saturated carbocycles. The Bertz CT molecular complexity index is 1180. The van der Waals surface area contributed by atoms with Crippen LogP contribution < -0.4 is 11.1 Å². The number of carbonyl (C=O) groups excluding carboxylic acids is 1. The fraction of sp³-hybridized carbons (Fsp3) is 0.211. The van der Waals surface area contributed by atoms with Crippen LogP contribution in [0.4, 0.5) is 5.69 Å². The highest BCUT2D eigenvalue weighted by atomic mass is 16.4. The van der Waals surface area contributed by atoms with Crippen LogP contribution in [0.1, 0.15) is 18.4 Å². The average Bonchev–Trinajstić information content (AvgIpc) is 3.30. The van der Waals surface area contributed by atoms with Gasteiger partial charge in [-0.2, -0.15) is 0 Å². The van der Waals surface area contributed by atoms with E-state index in [1.165, 1.54) is 6.33 Å². The lowest BCUT2D eigenvalue weighted by atomic mass is 10.1. The van der Waals surface area contributed by atoms with Gasteiger partial charge in [-0.15, -0.1) is 5.10 Å².